The highest BCUT2D eigenvalue weighted by Crippen LogP contribution is 2.25. The first-order chi connectivity index (χ1) is 15.7. The maximum atomic E-state index is 12.6. The molecule has 1 N–H and O–H groups in total. The molecule has 32 heavy (non-hydrogen) atoms. The van der Waals surface area contributed by atoms with Crippen LogP contribution in [0.15, 0.2) is 66.0 Å². The van der Waals surface area contributed by atoms with Crippen molar-refractivity contribution in [3.05, 3.63) is 66.4 Å². The van der Waals surface area contributed by atoms with Crippen molar-refractivity contribution in [3.8, 4) is 17.2 Å². The maximum Gasteiger partial charge on any atom is 0.235 e. The molecule has 10 nitrogen and oxygen atoms in total. The number of hydrogen-bond donors (Lipinski definition) is 1. The lowest BCUT2D eigenvalue weighted by Crippen LogP contribution is -2.18. The van der Waals surface area contributed by atoms with Gasteiger partial charge in [-0.25, -0.2) is 4.68 Å². The van der Waals surface area contributed by atoms with E-state index in [1.165, 1.54) is 11.8 Å². The zero-order valence-corrected chi connectivity index (χ0v) is 18.3. The highest BCUT2D eigenvalue weighted by Gasteiger charge is 2.15. The number of benzene rings is 2. The number of rotatable bonds is 9. The van der Waals surface area contributed by atoms with Crippen molar-refractivity contribution in [1.82, 2.24) is 30.0 Å². The molecule has 0 bridgehead atoms. The first kappa shape index (κ1) is 21.4. The van der Waals surface area contributed by atoms with E-state index in [-0.39, 0.29) is 11.7 Å². The van der Waals surface area contributed by atoms with Crippen LogP contribution in [0.5, 0.6) is 11.5 Å². The smallest absolute Gasteiger partial charge is 0.235 e. The minimum Gasteiger partial charge on any atom is -0.497 e. The van der Waals surface area contributed by atoms with Crippen molar-refractivity contribution >= 4 is 23.5 Å². The molecule has 4 aromatic rings. The number of carbonyl (C=O) groups excluding carboxylic acids is 1. The summed E-state index contributed by atoms with van der Waals surface area (Å²) < 4.78 is 13.8. The zero-order valence-electron chi connectivity index (χ0n) is 17.5. The first-order valence-corrected chi connectivity index (χ1v) is 10.7. The van der Waals surface area contributed by atoms with Crippen LogP contribution in [0.1, 0.15) is 5.56 Å². The number of carbonyl (C=O) groups is 1. The average Bonchev–Trinajstić information content (AvgIpc) is 3.47. The van der Waals surface area contributed by atoms with Gasteiger partial charge in [0.15, 0.2) is 0 Å². The van der Waals surface area contributed by atoms with E-state index in [1.54, 1.807) is 35.8 Å². The number of aromatic nitrogens is 6. The van der Waals surface area contributed by atoms with Crippen molar-refractivity contribution in [2.45, 2.75) is 11.7 Å². The van der Waals surface area contributed by atoms with Gasteiger partial charge < -0.3 is 14.8 Å². The molecule has 2 heterocycles. The highest BCUT2D eigenvalue weighted by atomic mass is 32.2. The Morgan fingerprint density at radius 1 is 1.06 bits per heavy atom. The number of hydrogen-bond acceptors (Lipinski definition) is 8. The fourth-order valence-corrected chi connectivity index (χ4v) is 3.69. The van der Waals surface area contributed by atoms with Gasteiger partial charge in [0.05, 0.1) is 32.7 Å². The standard InChI is InChI=1S/C21H21N7O3S/c1-30-16-9-7-15(8-10-16)13-27-19(11-12-22-27)23-20(29)14-32-21-24-25-26-28(21)17-5-3-4-6-18(17)31-2/h3-12H,13-14H2,1-2H3,(H,23,29). The molecule has 11 heteroatoms. The Kier molecular flexibility index (Phi) is 6.66. The minimum absolute atomic E-state index is 0.128. The van der Waals surface area contributed by atoms with Crippen LogP contribution >= 0.6 is 11.8 Å². The van der Waals surface area contributed by atoms with Gasteiger partial charge in [0.2, 0.25) is 11.1 Å². The zero-order chi connectivity index (χ0) is 22.3. The van der Waals surface area contributed by atoms with Gasteiger partial charge in [-0.1, -0.05) is 36.0 Å². The summed E-state index contributed by atoms with van der Waals surface area (Å²) in [6.45, 7) is 0.520. The Balaban J connectivity index is 1.39. The predicted octanol–water partition coefficient (Wildman–Crippen LogP) is 2.66. The van der Waals surface area contributed by atoms with Crippen molar-refractivity contribution in [1.29, 1.82) is 0 Å². The SMILES string of the molecule is COc1ccc(Cn2nccc2NC(=O)CSc2nnnn2-c2ccccc2OC)cc1. The normalized spacial score (nSPS) is 10.7. The van der Waals surface area contributed by atoms with Gasteiger partial charge >= 0.3 is 0 Å². The van der Waals surface area contributed by atoms with Crippen LogP contribution in [0.3, 0.4) is 0 Å². The monoisotopic (exact) mass is 451 g/mol. The number of tetrazole rings is 1. The van der Waals surface area contributed by atoms with E-state index >= 15 is 0 Å². The Labute approximate surface area is 188 Å². The van der Waals surface area contributed by atoms with Gasteiger partial charge in [0, 0.05) is 6.07 Å². The number of anilines is 1. The quantitative estimate of drug-likeness (QED) is 0.387. The summed E-state index contributed by atoms with van der Waals surface area (Å²) >= 11 is 1.23. The number of nitrogens with zero attached hydrogens (tertiary/aromatic N) is 6. The lowest BCUT2D eigenvalue weighted by molar-refractivity contribution is -0.113. The lowest BCUT2D eigenvalue weighted by Gasteiger charge is -2.10. The van der Waals surface area contributed by atoms with Crippen LogP contribution in [0, 0.1) is 0 Å². The number of methoxy groups -OCH3 is 2. The molecule has 0 spiro atoms. The second kappa shape index (κ2) is 9.96. The van der Waals surface area contributed by atoms with Gasteiger partial charge in [-0.3, -0.25) is 4.79 Å². The topological polar surface area (TPSA) is 109 Å². The van der Waals surface area contributed by atoms with E-state index in [0.717, 1.165) is 11.3 Å². The van der Waals surface area contributed by atoms with Crippen molar-refractivity contribution in [2.75, 3.05) is 25.3 Å². The molecule has 0 radical (unpaired) electrons. The van der Waals surface area contributed by atoms with Crippen LogP contribution in [-0.2, 0) is 11.3 Å². The molecule has 0 saturated heterocycles. The second-order valence-electron chi connectivity index (χ2n) is 6.60. The Morgan fingerprint density at radius 3 is 2.66 bits per heavy atom. The summed E-state index contributed by atoms with van der Waals surface area (Å²) in [7, 11) is 3.21. The summed E-state index contributed by atoms with van der Waals surface area (Å²) in [5, 5.41) is 19.5. The van der Waals surface area contributed by atoms with Crippen molar-refractivity contribution < 1.29 is 14.3 Å². The van der Waals surface area contributed by atoms with Crippen LogP contribution in [-0.4, -0.2) is 55.9 Å². The second-order valence-corrected chi connectivity index (χ2v) is 7.55. The van der Waals surface area contributed by atoms with E-state index in [1.807, 2.05) is 48.5 Å². The predicted molar refractivity (Wildman–Crippen MR) is 119 cm³/mol. The van der Waals surface area contributed by atoms with Gasteiger partial charge in [-0.15, -0.1) is 5.10 Å². The minimum atomic E-state index is -0.193. The average molecular weight is 452 g/mol. The van der Waals surface area contributed by atoms with Gasteiger partial charge in [-0.05, 0) is 40.3 Å². The number of thioether (sulfide) groups is 1. The molecule has 0 atom stereocenters. The largest absolute Gasteiger partial charge is 0.497 e. The summed E-state index contributed by atoms with van der Waals surface area (Å²) in [4.78, 5) is 12.6. The molecular weight excluding hydrogens is 430 g/mol. The lowest BCUT2D eigenvalue weighted by atomic mass is 10.2. The third-order valence-electron chi connectivity index (χ3n) is 4.56. The summed E-state index contributed by atoms with van der Waals surface area (Å²) in [5.41, 5.74) is 1.73. The number of amides is 1. The van der Waals surface area contributed by atoms with E-state index in [0.29, 0.717) is 29.0 Å². The summed E-state index contributed by atoms with van der Waals surface area (Å²) in [5.74, 6) is 1.96. The molecule has 2 aromatic carbocycles. The van der Waals surface area contributed by atoms with Crippen molar-refractivity contribution in [2.24, 2.45) is 0 Å². The molecule has 0 aliphatic carbocycles. The van der Waals surface area contributed by atoms with E-state index in [4.69, 9.17) is 9.47 Å². The molecule has 1 amide bonds. The maximum absolute atomic E-state index is 12.6. The highest BCUT2D eigenvalue weighted by molar-refractivity contribution is 7.99. The molecular formula is C21H21N7O3S. The Hall–Kier alpha value is -3.86. The number of nitrogens with one attached hydrogen (secondary N) is 1. The Morgan fingerprint density at radius 2 is 1.88 bits per heavy atom. The van der Waals surface area contributed by atoms with Crippen LogP contribution in [0.4, 0.5) is 5.82 Å². The first-order valence-electron chi connectivity index (χ1n) is 9.67. The number of para-hydroxylation sites is 2. The molecule has 0 unspecified atom stereocenters. The van der Waals surface area contributed by atoms with Crippen LogP contribution in [0.25, 0.3) is 5.69 Å². The van der Waals surface area contributed by atoms with E-state index < -0.39 is 0 Å². The fraction of sp³-hybridized carbons (Fsp3) is 0.190. The van der Waals surface area contributed by atoms with E-state index in [2.05, 4.69) is 25.9 Å². The molecule has 0 fully saturated rings. The summed E-state index contributed by atoms with van der Waals surface area (Å²) in [6.07, 6.45) is 1.65. The molecule has 4 rings (SSSR count). The van der Waals surface area contributed by atoms with Crippen LogP contribution in [0.2, 0.25) is 0 Å². The summed E-state index contributed by atoms with van der Waals surface area (Å²) in [6, 6.07) is 16.8. The van der Waals surface area contributed by atoms with Gasteiger partial charge in [0.25, 0.3) is 0 Å². The third kappa shape index (κ3) is 4.89. The molecule has 2 aromatic heterocycles. The van der Waals surface area contributed by atoms with Gasteiger partial charge in [-0.2, -0.15) is 9.78 Å². The molecule has 164 valence electrons. The fourth-order valence-electron chi connectivity index (χ4n) is 3.00. The molecule has 0 saturated carbocycles. The van der Waals surface area contributed by atoms with Crippen LogP contribution < -0.4 is 14.8 Å². The van der Waals surface area contributed by atoms with E-state index in [9.17, 15) is 4.79 Å². The third-order valence-corrected chi connectivity index (χ3v) is 5.48. The molecule has 0 aliphatic rings. The molecule has 0 aliphatic heterocycles. The Bertz CT molecular complexity index is 1190. The number of ether oxygens (including phenoxy) is 2. The van der Waals surface area contributed by atoms with Gasteiger partial charge in [0.1, 0.15) is 23.0 Å². The van der Waals surface area contributed by atoms with Crippen molar-refractivity contribution in [3.63, 3.8) is 0 Å².